The van der Waals surface area contributed by atoms with Gasteiger partial charge >= 0.3 is 11.9 Å². The van der Waals surface area contributed by atoms with Crippen LogP contribution in [0, 0.1) is 0 Å². The number of aliphatic hydroxyl groups excluding tert-OH is 1. The summed E-state index contributed by atoms with van der Waals surface area (Å²) in [6.07, 6.45) is 6.39. The molecular formula is C17H22O5. The fraction of sp³-hybridized carbons (Fsp3) is 0.412. The van der Waals surface area contributed by atoms with Crippen molar-refractivity contribution >= 4 is 18.0 Å². The Bertz CT molecular complexity index is 490. The summed E-state index contributed by atoms with van der Waals surface area (Å²) in [7, 11) is 1.32. The predicted octanol–water partition coefficient (Wildman–Crippen LogP) is 2.58. The minimum Gasteiger partial charge on any atom is -0.466 e. The highest BCUT2D eigenvalue weighted by atomic mass is 16.5. The third-order valence-electron chi connectivity index (χ3n) is 3.05. The van der Waals surface area contributed by atoms with Gasteiger partial charge in [0.25, 0.3) is 0 Å². The van der Waals surface area contributed by atoms with E-state index in [0.717, 1.165) is 31.2 Å². The number of aliphatic hydroxyl groups is 1. The Morgan fingerprint density at radius 3 is 2.41 bits per heavy atom. The minimum absolute atomic E-state index is 0.205. The monoisotopic (exact) mass is 306 g/mol. The van der Waals surface area contributed by atoms with E-state index in [1.54, 1.807) is 30.3 Å². The predicted molar refractivity (Wildman–Crippen MR) is 83.3 cm³/mol. The minimum atomic E-state index is -0.426. The summed E-state index contributed by atoms with van der Waals surface area (Å²) in [5.41, 5.74) is 1.27. The van der Waals surface area contributed by atoms with Crippen LogP contribution in [-0.2, 0) is 14.3 Å². The molecule has 0 saturated carbocycles. The fourth-order valence-corrected chi connectivity index (χ4v) is 1.78. The first kappa shape index (κ1) is 17.9. The maximum absolute atomic E-state index is 11.8. The standard InChI is InChI=1S/C17H22O5/c1-21-16(19)11-8-14-6-9-15(10-7-14)17(20)22-13-5-3-2-4-12-18/h6-11,18H,2-5,12-13H2,1H3. The SMILES string of the molecule is COC(=O)C=Cc1ccc(C(=O)OCCCCCCO)cc1. The van der Waals surface area contributed by atoms with Gasteiger partial charge in [0, 0.05) is 12.7 Å². The molecule has 5 heteroatoms. The average Bonchev–Trinajstić information content (AvgIpc) is 2.56. The fourth-order valence-electron chi connectivity index (χ4n) is 1.78. The lowest BCUT2D eigenvalue weighted by molar-refractivity contribution is -0.134. The molecule has 0 aromatic heterocycles. The molecule has 0 spiro atoms. The molecule has 5 nitrogen and oxygen atoms in total. The summed E-state index contributed by atoms with van der Waals surface area (Å²) < 4.78 is 9.67. The van der Waals surface area contributed by atoms with Crippen molar-refractivity contribution in [3.8, 4) is 0 Å². The topological polar surface area (TPSA) is 72.8 Å². The van der Waals surface area contributed by atoms with Crippen LogP contribution < -0.4 is 0 Å². The summed E-state index contributed by atoms with van der Waals surface area (Å²) in [6.45, 7) is 0.588. The maximum atomic E-state index is 11.8. The second kappa shape index (κ2) is 10.6. The van der Waals surface area contributed by atoms with Crippen molar-refractivity contribution in [1.29, 1.82) is 0 Å². The number of unbranched alkanes of at least 4 members (excludes halogenated alkanes) is 3. The van der Waals surface area contributed by atoms with E-state index < -0.39 is 5.97 Å². The lowest BCUT2D eigenvalue weighted by atomic mass is 10.1. The molecule has 0 amide bonds. The van der Waals surface area contributed by atoms with Gasteiger partial charge in [0.05, 0.1) is 19.3 Å². The van der Waals surface area contributed by atoms with Crippen molar-refractivity contribution in [2.45, 2.75) is 25.7 Å². The van der Waals surface area contributed by atoms with Gasteiger partial charge in [0.2, 0.25) is 0 Å². The molecule has 0 atom stereocenters. The number of esters is 2. The zero-order valence-corrected chi connectivity index (χ0v) is 12.8. The Labute approximate surface area is 130 Å². The van der Waals surface area contributed by atoms with Crippen molar-refractivity contribution in [1.82, 2.24) is 0 Å². The van der Waals surface area contributed by atoms with E-state index in [1.807, 2.05) is 0 Å². The second-order valence-electron chi connectivity index (χ2n) is 4.75. The van der Waals surface area contributed by atoms with Gasteiger partial charge < -0.3 is 14.6 Å². The van der Waals surface area contributed by atoms with E-state index in [1.165, 1.54) is 13.2 Å². The van der Waals surface area contributed by atoms with Crippen molar-refractivity contribution in [2.75, 3.05) is 20.3 Å². The number of carbonyl (C=O) groups is 2. The van der Waals surface area contributed by atoms with E-state index in [9.17, 15) is 9.59 Å². The molecule has 0 bridgehead atoms. The lowest BCUT2D eigenvalue weighted by Gasteiger charge is -2.05. The van der Waals surface area contributed by atoms with Crippen LogP contribution in [-0.4, -0.2) is 37.4 Å². The van der Waals surface area contributed by atoms with Gasteiger partial charge in [-0.3, -0.25) is 0 Å². The molecule has 1 rings (SSSR count). The molecule has 0 heterocycles. The largest absolute Gasteiger partial charge is 0.466 e. The Kier molecular flexibility index (Phi) is 8.60. The molecule has 0 radical (unpaired) electrons. The Morgan fingerprint density at radius 2 is 1.77 bits per heavy atom. The van der Waals surface area contributed by atoms with E-state index >= 15 is 0 Å². The van der Waals surface area contributed by atoms with Gasteiger partial charge in [-0.05, 0) is 43.0 Å². The van der Waals surface area contributed by atoms with Crippen molar-refractivity contribution < 1.29 is 24.2 Å². The molecule has 22 heavy (non-hydrogen) atoms. The summed E-state index contributed by atoms with van der Waals surface area (Å²) in [4.78, 5) is 22.8. The highest BCUT2D eigenvalue weighted by Crippen LogP contribution is 2.08. The Morgan fingerprint density at radius 1 is 1.09 bits per heavy atom. The second-order valence-corrected chi connectivity index (χ2v) is 4.75. The van der Waals surface area contributed by atoms with Crippen LogP contribution >= 0.6 is 0 Å². The van der Waals surface area contributed by atoms with Gasteiger partial charge in [-0.2, -0.15) is 0 Å². The molecule has 0 aliphatic carbocycles. The smallest absolute Gasteiger partial charge is 0.338 e. The highest BCUT2D eigenvalue weighted by molar-refractivity contribution is 5.90. The quantitative estimate of drug-likeness (QED) is 0.431. The molecule has 0 aliphatic rings. The molecule has 0 fully saturated rings. The Hall–Kier alpha value is -2.14. The van der Waals surface area contributed by atoms with Crippen molar-refractivity contribution in [3.05, 3.63) is 41.5 Å². The summed E-state index contributed by atoms with van der Waals surface area (Å²) in [5, 5.41) is 8.65. The first-order chi connectivity index (χ1) is 10.7. The number of hydrogen-bond donors (Lipinski definition) is 1. The van der Waals surface area contributed by atoms with Gasteiger partial charge in [-0.1, -0.05) is 18.6 Å². The van der Waals surface area contributed by atoms with Crippen LogP contribution in [0.2, 0.25) is 0 Å². The lowest BCUT2D eigenvalue weighted by Crippen LogP contribution is -2.06. The van der Waals surface area contributed by atoms with Gasteiger partial charge in [0.15, 0.2) is 0 Å². The number of benzene rings is 1. The third-order valence-corrected chi connectivity index (χ3v) is 3.05. The van der Waals surface area contributed by atoms with Crippen LogP contribution in [0.25, 0.3) is 6.08 Å². The van der Waals surface area contributed by atoms with Crippen LogP contribution in [0.5, 0.6) is 0 Å². The van der Waals surface area contributed by atoms with E-state index in [2.05, 4.69) is 4.74 Å². The van der Waals surface area contributed by atoms with Gasteiger partial charge in [-0.25, -0.2) is 9.59 Å². The van der Waals surface area contributed by atoms with Crippen LogP contribution in [0.1, 0.15) is 41.6 Å². The first-order valence-electron chi connectivity index (χ1n) is 7.31. The molecule has 0 unspecified atom stereocenters. The van der Waals surface area contributed by atoms with Gasteiger partial charge in [0.1, 0.15) is 0 Å². The Balaban J connectivity index is 2.37. The number of hydrogen-bond acceptors (Lipinski definition) is 5. The van der Waals surface area contributed by atoms with Gasteiger partial charge in [-0.15, -0.1) is 0 Å². The average molecular weight is 306 g/mol. The van der Waals surface area contributed by atoms with Crippen LogP contribution in [0.3, 0.4) is 0 Å². The molecule has 120 valence electrons. The zero-order valence-electron chi connectivity index (χ0n) is 12.8. The summed E-state index contributed by atoms with van der Waals surface area (Å²) in [6, 6.07) is 6.78. The zero-order chi connectivity index (χ0) is 16.2. The number of ether oxygens (including phenoxy) is 2. The number of rotatable bonds is 9. The molecular weight excluding hydrogens is 284 g/mol. The molecule has 1 aromatic carbocycles. The number of methoxy groups -OCH3 is 1. The molecule has 1 N–H and O–H groups in total. The number of carbonyl (C=O) groups excluding carboxylic acids is 2. The van der Waals surface area contributed by atoms with Crippen molar-refractivity contribution in [2.24, 2.45) is 0 Å². The van der Waals surface area contributed by atoms with Crippen LogP contribution in [0.4, 0.5) is 0 Å². The van der Waals surface area contributed by atoms with Crippen LogP contribution in [0.15, 0.2) is 30.3 Å². The molecule has 1 aromatic rings. The first-order valence-corrected chi connectivity index (χ1v) is 7.31. The van der Waals surface area contributed by atoms with Crippen molar-refractivity contribution in [3.63, 3.8) is 0 Å². The third kappa shape index (κ3) is 7.04. The summed E-state index contributed by atoms with van der Waals surface area (Å²) in [5.74, 6) is -0.782. The van der Waals surface area contributed by atoms with E-state index in [0.29, 0.717) is 12.2 Å². The maximum Gasteiger partial charge on any atom is 0.338 e. The normalized spacial score (nSPS) is 10.6. The van der Waals surface area contributed by atoms with E-state index in [-0.39, 0.29) is 12.6 Å². The summed E-state index contributed by atoms with van der Waals surface area (Å²) >= 11 is 0. The highest BCUT2D eigenvalue weighted by Gasteiger charge is 2.06. The molecule has 0 saturated heterocycles. The van der Waals surface area contributed by atoms with E-state index in [4.69, 9.17) is 9.84 Å². The molecule has 0 aliphatic heterocycles.